The predicted molar refractivity (Wildman–Crippen MR) is 115 cm³/mol. The van der Waals surface area contributed by atoms with Crippen LogP contribution in [-0.2, 0) is 6.42 Å². The number of carbonyl (C=O) groups is 1. The van der Waals surface area contributed by atoms with E-state index in [9.17, 15) is 24.9 Å². The van der Waals surface area contributed by atoms with Crippen LogP contribution in [0, 0.1) is 0 Å². The van der Waals surface area contributed by atoms with Gasteiger partial charge < -0.3 is 19.7 Å². The van der Waals surface area contributed by atoms with E-state index >= 15 is 0 Å². The van der Waals surface area contributed by atoms with Gasteiger partial charge in [0, 0.05) is 30.0 Å². The van der Waals surface area contributed by atoms with Crippen molar-refractivity contribution in [1.29, 1.82) is 0 Å². The number of carbonyl (C=O) groups excluding carboxylic acids is 1. The Morgan fingerprint density at radius 3 is 2.43 bits per heavy atom. The molecule has 1 heterocycles. The fourth-order valence-electron chi connectivity index (χ4n) is 3.44. The fourth-order valence-corrected chi connectivity index (χ4v) is 3.44. The van der Waals surface area contributed by atoms with Gasteiger partial charge in [0.25, 0.3) is 0 Å². The average Bonchev–Trinajstić information content (AvgIpc) is 2.71. The van der Waals surface area contributed by atoms with Crippen LogP contribution in [0.4, 0.5) is 0 Å². The number of phenols is 2. The maximum Gasteiger partial charge on any atom is 0.336 e. The molecule has 0 unspecified atom stereocenters. The summed E-state index contributed by atoms with van der Waals surface area (Å²) in [5, 5.41) is 32.3. The van der Waals surface area contributed by atoms with Gasteiger partial charge in [-0.2, -0.15) is 0 Å². The largest absolute Gasteiger partial charge is 0.507 e. The zero-order chi connectivity index (χ0) is 22.0. The number of hydrogen-bond acceptors (Lipinski definition) is 6. The molecule has 3 rings (SSSR count). The third kappa shape index (κ3) is 3.86. The van der Waals surface area contributed by atoms with Crippen molar-refractivity contribution in [2.75, 3.05) is 0 Å². The number of Topliss-reactive ketones (excluding diaryl/α,β-unsaturated/α-hetero) is 1. The van der Waals surface area contributed by atoms with Gasteiger partial charge in [-0.05, 0) is 18.9 Å². The zero-order valence-corrected chi connectivity index (χ0v) is 16.9. The first-order valence-corrected chi connectivity index (χ1v) is 9.72. The summed E-state index contributed by atoms with van der Waals surface area (Å²) in [5.41, 5.74) is 0.418. The van der Waals surface area contributed by atoms with Crippen molar-refractivity contribution in [1.82, 2.24) is 0 Å². The number of fused-ring (bicyclic) bond motifs is 1. The second-order valence-electron chi connectivity index (χ2n) is 7.34. The molecule has 1 aromatic heterocycles. The van der Waals surface area contributed by atoms with E-state index in [1.807, 2.05) is 13.0 Å². The van der Waals surface area contributed by atoms with E-state index in [0.717, 1.165) is 0 Å². The molecule has 0 bridgehead atoms. The monoisotopic (exact) mass is 408 g/mol. The minimum absolute atomic E-state index is 0.00323. The first kappa shape index (κ1) is 21.3. The van der Waals surface area contributed by atoms with Crippen LogP contribution in [-0.4, -0.2) is 27.2 Å². The summed E-state index contributed by atoms with van der Waals surface area (Å²) in [4.78, 5) is 25.1. The highest BCUT2D eigenvalue weighted by molar-refractivity contribution is 6.13. The average molecular weight is 408 g/mol. The Balaban J connectivity index is 2.46. The molecular formula is C24H24O6. The third-order valence-electron chi connectivity index (χ3n) is 5.04. The van der Waals surface area contributed by atoms with Crippen molar-refractivity contribution in [2.45, 2.75) is 39.2 Å². The Morgan fingerprint density at radius 1 is 1.17 bits per heavy atom. The van der Waals surface area contributed by atoms with E-state index in [4.69, 9.17) is 4.42 Å². The summed E-state index contributed by atoms with van der Waals surface area (Å²) >= 11 is 0. The lowest BCUT2D eigenvalue weighted by molar-refractivity contribution is 0.0979. The molecule has 0 radical (unpaired) electrons. The SMILES string of the molecule is C=C(C)[C@H](O)Cc1c(O)c(C(=O)CCC)c2oc(=O)cc(-c3ccccc3)c2c1O. The maximum absolute atomic E-state index is 12.8. The van der Waals surface area contributed by atoms with Gasteiger partial charge in [-0.25, -0.2) is 4.79 Å². The number of aliphatic hydroxyl groups excluding tert-OH is 1. The summed E-state index contributed by atoms with van der Waals surface area (Å²) in [6.45, 7) is 7.13. The van der Waals surface area contributed by atoms with Crippen molar-refractivity contribution in [3.63, 3.8) is 0 Å². The summed E-state index contributed by atoms with van der Waals surface area (Å²) in [5.74, 6) is -1.26. The van der Waals surface area contributed by atoms with Gasteiger partial charge in [0.1, 0.15) is 17.1 Å². The molecule has 0 aliphatic rings. The topological polar surface area (TPSA) is 108 Å². The van der Waals surface area contributed by atoms with E-state index < -0.39 is 23.3 Å². The number of ketones is 1. The van der Waals surface area contributed by atoms with Gasteiger partial charge in [-0.1, -0.05) is 49.4 Å². The van der Waals surface area contributed by atoms with E-state index in [-0.39, 0.29) is 40.7 Å². The van der Waals surface area contributed by atoms with Crippen molar-refractivity contribution >= 4 is 16.8 Å². The maximum atomic E-state index is 12.8. The molecule has 2 aromatic carbocycles. The Morgan fingerprint density at radius 2 is 1.83 bits per heavy atom. The van der Waals surface area contributed by atoms with Crippen LogP contribution in [0.5, 0.6) is 11.5 Å². The number of rotatable bonds is 7. The molecule has 156 valence electrons. The van der Waals surface area contributed by atoms with Crippen LogP contribution >= 0.6 is 0 Å². The second-order valence-corrected chi connectivity index (χ2v) is 7.34. The molecule has 3 N–H and O–H groups in total. The minimum atomic E-state index is -1.04. The number of phenolic OH excluding ortho intramolecular Hbond substituents is 2. The van der Waals surface area contributed by atoms with Gasteiger partial charge in [0.05, 0.1) is 11.5 Å². The molecule has 6 nitrogen and oxygen atoms in total. The molecule has 0 spiro atoms. The molecule has 0 saturated heterocycles. The Bertz CT molecular complexity index is 1170. The fraction of sp³-hybridized carbons (Fsp3) is 0.250. The lowest BCUT2D eigenvalue weighted by Gasteiger charge is -2.18. The Kier molecular flexibility index (Phi) is 6.08. The zero-order valence-electron chi connectivity index (χ0n) is 16.9. The molecule has 30 heavy (non-hydrogen) atoms. The lowest BCUT2D eigenvalue weighted by atomic mass is 9.90. The van der Waals surface area contributed by atoms with Crippen molar-refractivity contribution < 1.29 is 24.5 Å². The molecule has 3 aromatic rings. The minimum Gasteiger partial charge on any atom is -0.507 e. The summed E-state index contributed by atoms with van der Waals surface area (Å²) in [6, 6.07) is 10.1. The van der Waals surface area contributed by atoms with E-state index in [2.05, 4.69) is 6.58 Å². The number of aliphatic hydroxyl groups is 1. The van der Waals surface area contributed by atoms with Crippen LogP contribution in [0.25, 0.3) is 22.1 Å². The van der Waals surface area contributed by atoms with Crippen LogP contribution < -0.4 is 5.63 Å². The van der Waals surface area contributed by atoms with Crippen LogP contribution in [0.1, 0.15) is 42.6 Å². The van der Waals surface area contributed by atoms with Gasteiger partial charge in [0.2, 0.25) is 0 Å². The van der Waals surface area contributed by atoms with Crippen molar-refractivity contribution in [3.8, 4) is 22.6 Å². The Labute approximate surface area is 173 Å². The molecule has 0 saturated carbocycles. The van der Waals surface area contributed by atoms with Crippen molar-refractivity contribution in [2.24, 2.45) is 0 Å². The summed E-state index contributed by atoms with van der Waals surface area (Å²) < 4.78 is 5.32. The van der Waals surface area contributed by atoms with Crippen LogP contribution in [0.3, 0.4) is 0 Å². The molecule has 0 amide bonds. The lowest BCUT2D eigenvalue weighted by Crippen LogP contribution is -2.13. The van der Waals surface area contributed by atoms with Gasteiger partial charge in [-0.15, -0.1) is 0 Å². The standard InChI is InChI=1S/C24H24O6/c1-4-8-17(25)21-23(29)16(11-18(26)13(2)3)22(28)20-15(12-19(27)30-24(20)21)14-9-6-5-7-10-14/h5-7,9-10,12,18,26,28-29H,2,4,8,11H2,1,3H3/t18-/m1/s1. The van der Waals surface area contributed by atoms with E-state index in [0.29, 0.717) is 23.1 Å². The van der Waals surface area contributed by atoms with Crippen LogP contribution in [0.15, 0.2) is 57.8 Å². The third-order valence-corrected chi connectivity index (χ3v) is 5.04. The first-order chi connectivity index (χ1) is 14.3. The Hall–Kier alpha value is -3.38. The molecule has 6 heteroatoms. The highest BCUT2D eigenvalue weighted by Gasteiger charge is 2.28. The van der Waals surface area contributed by atoms with Gasteiger partial charge in [0.15, 0.2) is 11.4 Å². The predicted octanol–water partition coefficient (Wildman–Crippen LogP) is 4.33. The van der Waals surface area contributed by atoms with Gasteiger partial charge >= 0.3 is 5.63 Å². The quantitative estimate of drug-likeness (QED) is 0.305. The number of hydrogen-bond donors (Lipinski definition) is 3. The highest BCUT2D eigenvalue weighted by Crippen LogP contribution is 2.44. The smallest absolute Gasteiger partial charge is 0.336 e. The summed E-state index contributed by atoms with van der Waals surface area (Å²) in [7, 11) is 0. The van der Waals surface area contributed by atoms with E-state index in [1.54, 1.807) is 31.2 Å². The van der Waals surface area contributed by atoms with Gasteiger partial charge in [-0.3, -0.25) is 4.79 Å². The number of aromatic hydroxyl groups is 2. The molecule has 0 fully saturated rings. The van der Waals surface area contributed by atoms with E-state index in [1.165, 1.54) is 6.07 Å². The number of benzene rings is 2. The van der Waals surface area contributed by atoms with Crippen LogP contribution in [0.2, 0.25) is 0 Å². The molecule has 0 aliphatic carbocycles. The molecule has 0 aliphatic heterocycles. The normalized spacial score (nSPS) is 12.1. The summed E-state index contributed by atoms with van der Waals surface area (Å²) in [6.07, 6.45) is -0.547. The van der Waals surface area contributed by atoms with Crippen molar-refractivity contribution in [3.05, 3.63) is 70.1 Å². The first-order valence-electron chi connectivity index (χ1n) is 9.72. The molecule has 1 atom stereocenters. The second kappa shape index (κ2) is 8.55. The molecular weight excluding hydrogens is 384 g/mol. The highest BCUT2D eigenvalue weighted by atomic mass is 16.4.